The first kappa shape index (κ1) is 9.53. The third-order valence-corrected chi connectivity index (χ3v) is 2.80. The summed E-state index contributed by atoms with van der Waals surface area (Å²) in [6.45, 7) is 0.734. The zero-order valence-corrected chi connectivity index (χ0v) is 8.82. The van der Waals surface area contributed by atoms with Gasteiger partial charge in [-0.3, -0.25) is 4.40 Å². The molecular formula is C10H13N5O. The number of anilines is 1. The Morgan fingerprint density at radius 1 is 1.50 bits per heavy atom. The number of hydrogen-bond acceptors (Lipinski definition) is 5. The van der Waals surface area contributed by atoms with Crippen molar-refractivity contribution in [2.45, 2.75) is 18.9 Å². The van der Waals surface area contributed by atoms with Gasteiger partial charge >= 0.3 is 0 Å². The monoisotopic (exact) mass is 219 g/mol. The van der Waals surface area contributed by atoms with Gasteiger partial charge < -0.3 is 10.0 Å². The van der Waals surface area contributed by atoms with Gasteiger partial charge in [0.15, 0.2) is 5.82 Å². The first-order valence-corrected chi connectivity index (χ1v) is 5.42. The average Bonchev–Trinajstić information content (AvgIpc) is 3.02. The fourth-order valence-corrected chi connectivity index (χ4v) is 1.90. The van der Waals surface area contributed by atoms with Crippen molar-refractivity contribution in [3.63, 3.8) is 0 Å². The Hall–Kier alpha value is -1.69. The maximum atomic E-state index is 9.09. The van der Waals surface area contributed by atoms with Crippen molar-refractivity contribution in [1.82, 2.24) is 19.6 Å². The number of fused-ring (bicyclic) bond motifs is 1. The molecule has 2 heterocycles. The number of rotatable bonds is 4. The van der Waals surface area contributed by atoms with Gasteiger partial charge in [-0.2, -0.15) is 0 Å². The second-order valence-corrected chi connectivity index (χ2v) is 3.96. The molecule has 0 spiro atoms. The Balaban J connectivity index is 2.04. The van der Waals surface area contributed by atoms with Crippen LogP contribution in [0.1, 0.15) is 12.8 Å². The molecule has 3 rings (SSSR count). The van der Waals surface area contributed by atoms with E-state index in [1.807, 2.05) is 10.6 Å². The fraction of sp³-hybridized carbons (Fsp3) is 0.500. The summed E-state index contributed by atoms with van der Waals surface area (Å²) in [6, 6.07) is 0.502. The van der Waals surface area contributed by atoms with Crippen LogP contribution < -0.4 is 4.90 Å². The Kier molecular flexibility index (Phi) is 2.21. The summed E-state index contributed by atoms with van der Waals surface area (Å²) >= 11 is 0. The summed E-state index contributed by atoms with van der Waals surface area (Å²) in [5.74, 6) is 0.816. The van der Waals surface area contributed by atoms with Crippen LogP contribution in [-0.4, -0.2) is 43.9 Å². The first-order valence-electron chi connectivity index (χ1n) is 5.42. The van der Waals surface area contributed by atoms with Gasteiger partial charge in [0.05, 0.1) is 6.61 Å². The molecule has 1 aliphatic rings. The Morgan fingerprint density at radius 3 is 3.12 bits per heavy atom. The molecule has 1 saturated carbocycles. The van der Waals surface area contributed by atoms with Crippen LogP contribution in [0.4, 0.5) is 5.82 Å². The lowest BCUT2D eigenvalue weighted by Crippen LogP contribution is -2.30. The zero-order chi connectivity index (χ0) is 11.0. The fourth-order valence-electron chi connectivity index (χ4n) is 1.90. The van der Waals surface area contributed by atoms with E-state index in [2.05, 4.69) is 20.1 Å². The van der Waals surface area contributed by atoms with Gasteiger partial charge in [0.25, 0.3) is 0 Å². The van der Waals surface area contributed by atoms with Crippen LogP contribution in [-0.2, 0) is 0 Å². The molecule has 1 fully saturated rings. The van der Waals surface area contributed by atoms with Crippen molar-refractivity contribution in [2.24, 2.45) is 0 Å². The molecule has 6 heteroatoms. The SMILES string of the molecule is OCCN(c1nccn2cnnc12)C1CC1. The standard InChI is InChI=1S/C10H13N5O/c16-6-5-15(8-1-2-8)9-10-13-12-7-14(10)4-3-11-9/h3-4,7-8,16H,1-2,5-6H2. The molecule has 0 atom stereocenters. The lowest BCUT2D eigenvalue weighted by Gasteiger charge is -2.22. The van der Waals surface area contributed by atoms with Crippen molar-refractivity contribution in [2.75, 3.05) is 18.1 Å². The average molecular weight is 219 g/mol. The third kappa shape index (κ3) is 1.51. The van der Waals surface area contributed by atoms with Crippen LogP contribution in [0.5, 0.6) is 0 Å². The van der Waals surface area contributed by atoms with Crippen LogP contribution in [0, 0.1) is 0 Å². The highest BCUT2D eigenvalue weighted by Crippen LogP contribution is 2.31. The van der Waals surface area contributed by atoms with Crippen LogP contribution in [0.25, 0.3) is 5.65 Å². The second-order valence-electron chi connectivity index (χ2n) is 3.96. The van der Waals surface area contributed by atoms with E-state index in [0.29, 0.717) is 12.6 Å². The van der Waals surface area contributed by atoms with Crippen molar-refractivity contribution >= 4 is 11.5 Å². The predicted octanol–water partition coefficient (Wildman–Crippen LogP) is 0.0854. The molecule has 0 saturated heterocycles. The van der Waals surface area contributed by atoms with Gasteiger partial charge in [0.2, 0.25) is 5.65 Å². The van der Waals surface area contributed by atoms with E-state index in [1.165, 1.54) is 0 Å². The summed E-state index contributed by atoms with van der Waals surface area (Å²) in [7, 11) is 0. The van der Waals surface area contributed by atoms with Crippen molar-refractivity contribution in [3.8, 4) is 0 Å². The van der Waals surface area contributed by atoms with Crippen LogP contribution >= 0.6 is 0 Å². The van der Waals surface area contributed by atoms with Crippen molar-refractivity contribution < 1.29 is 5.11 Å². The third-order valence-electron chi connectivity index (χ3n) is 2.80. The number of nitrogens with zero attached hydrogens (tertiary/aromatic N) is 5. The molecule has 1 aliphatic carbocycles. The summed E-state index contributed by atoms with van der Waals surface area (Å²) in [4.78, 5) is 6.47. The minimum Gasteiger partial charge on any atom is -0.395 e. The number of aromatic nitrogens is 4. The normalized spacial score (nSPS) is 15.6. The van der Waals surface area contributed by atoms with Gasteiger partial charge in [0, 0.05) is 25.0 Å². The van der Waals surface area contributed by atoms with E-state index in [1.54, 1.807) is 12.5 Å². The minimum atomic E-state index is 0.132. The number of hydrogen-bond donors (Lipinski definition) is 1. The molecule has 0 aromatic carbocycles. The Labute approximate surface area is 92.5 Å². The zero-order valence-electron chi connectivity index (χ0n) is 8.82. The maximum absolute atomic E-state index is 9.09. The molecule has 0 unspecified atom stereocenters. The largest absolute Gasteiger partial charge is 0.395 e. The molecule has 2 aromatic heterocycles. The molecule has 0 radical (unpaired) electrons. The molecule has 16 heavy (non-hydrogen) atoms. The predicted molar refractivity (Wildman–Crippen MR) is 58.2 cm³/mol. The molecule has 1 N–H and O–H groups in total. The van der Waals surface area contributed by atoms with E-state index < -0.39 is 0 Å². The van der Waals surface area contributed by atoms with Crippen LogP contribution in [0.15, 0.2) is 18.7 Å². The topological polar surface area (TPSA) is 66.5 Å². The van der Waals surface area contributed by atoms with Gasteiger partial charge in [-0.15, -0.1) is 10.2 Å². The lowest BCUT2D eigenvalue weighted by atomic mass is 10.4. The molecule has 0 amide bonds. The molecule has 6 nitrogen and oxygen atoms in total. The Morgan fingerprint density at radius 2 is 2.38 bits per heavy atom. The lowest BCUT2D eigenvalue weighted by molar-refractivity contribution is 0.301. The van der Waals surface area contributed by atoms with Gasteiger partial charge in [0.1, 0.15) is 6.33 Å². The summed E-state index contributed by atoms with van der Waals surface area (Å²) in [5.41, 5.74) is 0.753. The quantitative estimate of drug-likeness (QED) is 0.789. The summed E-state index contributed by atoms with van der Waals surface area (Å²) in [5, 5.41) is 17.0. The van der Waals surface area contributed by atoms with E-state index in [-0.39, 0.29) is 6.61 Å². The molecule has 84 valence electrons. The Bertz CT molecular complexity index is 493. The van der Waals surface area contributed by atoms with E-state index in [9.17, 15) is 0 Å². The smallest absolute Gasteiger partial charge is 0.203 e. The number of aliphatic hydroxyl groups excluding tert-OH is 1. The van der Waals surface area contributed by atoms with E-state index >= 15 is 0 Å². The van der Waals surface area contributed by atoms with Gasteiger partial charge in [-0.1, -0.05) is 0 Å². The van der Waals surface area contributed by atoms with E-state index in [4.69, 9.17) is 5.11 Å². The van der Waals surface area contributed by atoms with Gasteiger partial charge in [-0.05, 0) is 12.8 Å². The van der Waals surface area contributed by atoms with Crippen molar-refractivity contribution in [1.29, 1.82) is 0 Å². The molecule has 0 bridgehead atoms. The van der Waals surface area contributed by atoms with Crippen LogP contribution in [0.2, 0.25) is 0 Å². The summed E-state index contributed by atoms with van der Waals surface area (Å²) in [6.07, 6.45) is 7.54. The molecular weight excluding hydrogens is 206 g/mol. The molecule has 2 aromatic rings. The maximum Gasteiger partial charge on any atom is 0.203 e. The van der Waals surface area contributed by atoms with Gasteiger partial charge in [-0.25, -0.2) is 4.98 Å². The highest BCUT2D eigenvalue weighted by molar-refractivity contribution is 5.64. The number of aliphatic hydroxyl groups is 1. The highest BCUT2D eigenvalue weighted by atomic mass is 16.3. The molecule has 0 aliphatic heterocycles. The van der Waals surface area contributed by atoms with Crippen LogP contribution in [0.3, 0.4) is 0 Å². The first-order chi connectivity index (χ1) is 7.90. The highest BCUT2D eigenvalue weighted by Gasteiger charge is 2.31. The van der Waals surface area contributed by atoms with E-state index in [0.717, 1.165) is 24.3 Å². The second kappa shape index (κ2) is 3.71. The summed E-state index contributed by atoms with van der Waals surface area (Å²) < 4.78 is 1.84. The van der Waals surface area contributed by atoms with Crippen molar-refractivity contribution in [3.05, 3.63) is 18.7 Å². The minimum absolute atomic E-state index is 0.132.